The Labute approximate surface area is 163 Å². The minimum absolute atomic E-state index is 0. The van der Waals surface area contributed by atoms with Gasteiger partial charge in [-0.3, -0.25) is 4.79 Å². The second-order valence-corrected chi connectivity index (χ2v) is 6.41. The first-order chi connectivity index (χ1) is 11.6. The Balaban J connectivity index is 0.00000225. The molecule has 7 heteroatoms. The minimum Gasteiger partial charge on any atom is -0.481 e. The van der Waals surface area contributed by atoms with E-state index in [1.807, 2.05) is 12.1 Å². The van der Waals surface area contributed by atoms with Gasteiger partial charge in [0.1, 0.15) is 0 Å². The van der Waals surface area contributed by atoms with Gasteiger partial charge in [0, 0.05) is 12.6 Å². The van der Waals surface area contributed by atoms with E-state index >= 15 is 0 Å². The summed E-state index contributed by atoms with van der Waals surface area (Å²) in [6.07, 6.45) is 1.01. The van der Waals surface area contributed by atoms with Gasteiger partial charge >= 0.3 is 0 Å². The fraction of sp³-hybridized carbons (Fsp3) is 0.278. The summed E-state index contributed by atoms with van der Waals surface area (Å²) in [7, 11) is 0. The Morgan fingerprint density at radius 3 is 2.64 bits per heavy atom. The molecule has 25 heavy (non-hydrogen) atoms. The lowest BCUT2D eigenvalue weighted by Gasteiger charge is -2.27. The lowest BCUT2D eigenvalue weighted by atomic mass is 9.94. The maximum atomic E-state index is 12.0. The third-order valence-electron chi connectivity index (χ3n) is 3.99. The van der Waals surface area contributed by atoms with Gasteiger partial charge in [0.2, 0.25) is 0 Å². The second-order valence-electron chi connectivity index (χ2n) is 5.60. The first-order valence-corrected chi connectivity index (χ1v) is 8.55. The molecule has 1 aliphatic rings. The predicted molar refractivity (Wildman–Crippen MR) is 103 cm³/mol. The van der Waals surface area contributed by atoms with Crippen LogP contribution in [0.5, 0.6) is 5.75 Å². The average molecular weight is 402 g/mol. The molecule has 2 N–H and O–H groups in total. The summed E-state index contributed by atoms with van der Waals surface area (Å²) in [5.41, 5.74) is 2.56. The fourth-order valence-electron chi connectivity index (χ4n) is 2.80. The molecule has 0 saturated carbocycles. The van der Waals surface area contributed by atoms with Gasteiger partial charge in [-0.25, -0.2) is 0 Å². The highest BCUT2D eigenvalue weighted by Crippen LogP contribution is 2.32. The highest BCUT2D eigenvalue weighted by molar-refractivity contribution is 6.37. The lowest BCUT2D eigenvalue weighted by Crippen LogP contribution is -2.40. The van der Waals surface area contributed by atoms with Crippen molar-refractivity contribution in [2.24, 2.45) is 0 Å². The van der Waals surface area contributed by atoms with Crippen molar-refractivity contribution < 1.29 is 9.53 Å². The van der Waals surface area contributed by atoms with Crippen molar-refractivity contribution in [3.8, 4) is 5.75 Å². The monoisotopic (exact) mass is 400 g/mol. The molecule has 4 nitrogen and oxygen atoms in total. The third kappa shape index (κ3) is 5.02. The van der Waals surface area contributed by atoms with Crippen LogP contribution >= 0.6 is 35.6 Å². The number of hydrogen-bond donors (Lipinski definition) is 2. The van der Waals surface area contributed by atoms with Crippen molar-refractivity contribution in [3.63, 3.8) is 0 Å². The number of para-hydroxylation sites is 1. The Kier molecular flexibility index (Phi) is 7.38. The number of amides is 1. The molecular weight excluding hydrogens is 383 g/mol. The van der Waals surface area contributed by atoms with Crippen LogP contribution < -0.4 is 15.4 Å². The normalized spacial score (nSPS) is 15.7. The number of halogens is 3. The van der Waals surface area contributed by atoms with E-state index in [0.29, 0.717) is 22.3 Å². The fourth-order valence-corrected chi connectivity index (χ4v) is 3.31. The van der Waals surface area contributed by atoms with E-state index in [2.05, 4.69) is 22.8 Å². The molecule has 1 heterocycles. The first-order valence-electron chi connectivity index (χ1n) is 7.80. The zero-order chi connectivity index (χ0) is 16.9. The number of benzene rings is 2. The van der Waals surface area contributed by atoms with Crippen molar-refractivity contribution in [1.82, 2.24) is 10.6 Å². The molecule has 1 amide bonds. The lowest BCUT2D eigenvalue weighted by molar-refractivity contribution is -0.123. The third-order valence-corrected chi connectivity index (χ3v) is 4.58. The highest BCUT2D eigenvalue weighted by atomic mass is 35.5. The van der Waals surface area contributed by atoms with E-state index in [4.69, 9.17) is 27.9 Å². The Morgan fingerprint density at radius 1 is 1.16 bits per heavy atom. The van der Waals surface area contributed by atoms with Crippen LogP contribution in [0.3, 0.4) is 0 Å². The summed E-state index contributed by atoms with van der Waals surface area (Å²) in [5.74, 6) is 0.118. The van der Waals surface area contributed by atoms with Crippen LogP contribution in [0.15, 0.2) is 42.5 Å². The summed E-state index contributed by atoms with van der Waals surface area (Å²) in [6.45, 7) is 1.29. The van der Waals surface area contributed by atoms with E-state index in [1.54, 1.807) is 18.2 Å². The molecule has 134 valence electrons. The van der Waals surface area contributed by atoms with Crippen LogP contribution in [-0.2, 0) is 11.2 Å². The van der Waals surface area contributed by atoms with Crippen molar-refractivity contribution in [2.45, 2.75) is 12.5 Å². The van der Waals surface area contributed by atoms with E-state index in [9.17, 15) is 4.79 Å². The van der Waals surface area contributed by atoms with Gasteiger partial charge in [-0.1, -0.05) is 53.5 Å². The molecule has 0 bridgehead atoms. The van der Waals surface area contributed by atoms with Crippen LogP contribution in [0.1, 0.15) is 17.2 Å². The van der Waals surface area contributed by atoms with E-state index in [0.717, 1.165) is 13.0 Å². The SMILES string of the molecule is Cl.O=C(COc1c(Cl)cccc1Cl)NCC1NCCc2ccccc21. The Hall–Kier alpha value is -1.46. The summed E-state index contributed by atoms with van der Waals surface area (Å²) in [6, 6.07) is 13.5. The summed E-state index contributed by atoms with van der Waals surface area (Å²) < 4.78 is 5.44. The predicted octanol–water partition coefficient (Wildman–Crippen LogP) is 3.80. The van der Waals surface area contributed by atoms with Crippen LogP contribution in [0.25, 0.3) is 0 Å². The first kappa shape index (κ1) is 19.9. The molecule has 3 rings (SSSR count). The van der Waals surface area contributed by atoms with Gasteiger partial charge < -0.3 is 15.4 Å². The molecule has 0 radical (unpaired) electrons. The zero-order valence-corrected chi connectivity index (χ0v) is 15.8. The van der Waals surface area contributed by atoms with E-state index in [1.165, 1.54) is 11.1 Å². The molecule has 1 unspecified atom stereocenters. The number of fused-ring (bicyclic) bond motifs is 1. The molecule has 2 aromatic rings. The number of hydrogen-bond acceptors (Lipinski definition) is 3. The standard InChI is InChI=1S/C18H18Cl2N2O2.ClH/c19-14-6-3-7-15(20)18(14)24-11-17(23)22-10-16-13-5-2-1-4-12(13)8-9-21-16;/h1-7,16,21H,8-11H2,(H,22,23);1H. The van der Waals surface area contributed by atoms with E-state index < -0.39 is 0 Å². The largest absolute Gasteiger partial charge is 0.481 e. The van der Waals surface area contributed by atoms with E-state index in [-0.39, 0.29) is 31.0 Å². The van der Waals surface area contributed by atoms with Crippen LogP contribution in [0.4, 0.5) is 0 Å². The number of carbonyl (C=O) groups is 1. The Bertz CT molecular complexity index is 720. The molecule has 0 spiro atoms. The van der Waals surface area contributed by atoms with Gasteiger partial charge in [0.15, 0.2) is 12.4 Å². The number of rotatable bonds is 5. The molecule has 0 fully saturated rings. The minimum atomic E-state index is -0.212. The van der Waals surface area contributed by atoms with Gasteiger partial charge in [-0.2, -0.15) is 0 Å². The maximum absolute atomic E-state index is 12.0. The van der Waals surface area contributed by atoms with Gasteiger partial charge in [-0.05, 0) is 36.2 Å². The summed E-state index contributed by atoms with van der Waals surface area (Å²) in [4.78, 5) is 12.0. The molecule has 0 saturated heterocycles. The average Bonchev–Trinajstić information content (AvgIpc) is 2.59. The van der Waals surface area contributed by atoms with Gasteiger partial charge in [0.05, 0.1) is 10.0 Å². The summed E-state index contributed by atoms with van der Waals surface area (Å²) in [5, 5.41) is 7.09. The zero-order valence-electron chi connectivity index (χ0n) is 13.4. The Morgan fingerprint density at radius 2 is 1.88 bits per heavy atom. The van der Waals surface area contributed by atoms with Crippen molar-refractivity contribution in [2.75, 3.05) is 19.7 Å². The molecule has 0 aliphatic carbocycles. The van der Waals surface area contributed by atoms with Crippen LogP contribution in [-0.4, -0.2) is 25.6 Å². The van der Waals surface area contributed by atoms with Gasteiger partial charge in [0.25, 0.3) is 5.91 Å². The quantitative estimate of drug-likeness (QED) is 0.801. The summed E-state index contributed by atoms with van der Waals surface area (Å²) >= 11 is 12.0. The molecule has 0 aromatic heterocycles. The van der Waals surface area contributed by atoms with Crippen LogP contribution in [0.2, 0.25) is 10.0 Å². The van der Waals surface area contributed by atoms with Crippen molar-refractivity contribution in [1.29, 1.82) is 0 Å². The number of nitrogens with one attached hydrogen (secondary N) is 2. The van der Waals surface area contributed by atoms with Crippen molar-refractivity contribution in [3.05, 3.63) is 63.6 Å². The molecule has 2 aromatic carbocycles. The highest BCUT2D eigenvalue weighted by Gasteiger charge is 2.19. The van der Waals surface area contributed by atoms with Crippen LogP contribution in [0, 0.1) is 0 Å². The molecule has 1 atom stereocenters. The maximum Gasteiger partial charge on any atom is 0.258 e. The topological polar surface area (TPSA) is 50.4 Å². The molecular formula is C18H19Cl3N2O2. The number of ether oxygens (including phenoxy) is 1. The second kappa shape index (κ2) is 9.30. The van der Waals surface area contributed by atoms with Crippen molar-refractivity contribution >= 4 is 41.5 Å². The molecule has 1 aliphatic heterocycles. The van der Waals surface area contributed by atoms with Gasteiger partial charge in [-0.15, -0.1) is 12.4 Å². The smallest absolute Gasteiger partial charge is 0.258 e. The number of carbonyl (C=O) groups excluding carboxylic acids is 1.